The monoisotopic (exact) mass is 282 g/mol. The number of pyridine rings is 1. The molecule has 18 heavy (non-hydrogen) atoms. The highest BCUT2D eigenvalue weighted by molar-refractivity contribution is 7.90. The molecule has 1 aromatic carbocycles. The third kappa shape index (κ3) is 2.80. The van der Waals surface area contributed by atoms with Crippen LogP contribution in [-0.4, -0.2) is 13.4 Å². The SMILES string of the molecule is Nc1ccc(Cl)c(S(=O)(=O)Cc2ccncc2)c1. The van der Waals surface area contributed by atoms with Crippen LogP contribution in [0.15, 0.2) is 47.6 Å². The van der Waals surface area contributed by atoms with E-state index in [-0.39, 0.29) is 15.7 Å². The van der Waals surface area contributed by atoms with Crippen LogP contribution < -0.4 is 5.73 Å². The largest absolute Gasteiger partial charge is 0.399 e. The number of nitrogens with two attached hydrogens (primary N) is 1. The molecule has 0 aliphatic heterocycles. The Morgan fingerprint density at radius 3 is 2.50 bits per heavy atom. The Morgan fingerprint density at radius 2 is 1.83 bits per heavy atom. The second kappa shape index (κ2) is 4.96. The minimum absolute atomic E-state index is 0.0565. The maximum atomic E-state index is 12.2. The van der Waals surface area contributed by atoms with Crippen LogP contribution in [0.5, 0.6) is 0 Å². The Hall–Kier alpha value is -1.59. The molecular weight excluding hydrogens is 272 g/mol. The lowest BCUT2D eigenvalue weighted by Gasteiger charge is -2.07. The highest BCUT2D eigenvalue weighted by Gasteiger charge is 2.19. The molecule has 0 radical (unpaired) electrons. The molecule has 2 rings (SSSR count). The van der Waals surface area contributed by atoms with E-state index < -0.39 is 9.84 Å². The Balaban J connectivity index is 2.40. The molecule has 0 saturated carbocycles. The summed E-state index contributed by atoms with van der Waals surface area (Å²) in [5.41, 5.74) is 6.61. The van der Waals surface area contributed by atoms with Gasteiger partial charge in [-0.1, -0.05) is 11.6 Å². The number of hydrogen-bond donors (Lipinski definition) is 1. The molecular formula is C12H11ClN2O2S. The minimum Gasteiger partial charge on any atom is -0.399 e. The third-order valence-corrected chi connectivity index (χ3v) is 4.56. The van der Waals surface area contributed by atoms with Crippen LogP contribution in [0.3, 0.4) is 0 Å². The molecule has 2 aromatic rings. The van der Waals surface area contributed by atoms with Crippen molar-refractivity contribution in [1.82, 2.24) is 4.98 Å². The molecule has 0 aliphatic rings. The van der Waals surface area contributed by atoms with E-state index in [4.69, 9.17) is 17.3 Å². The molecule has 0 atom stereocenters. The summed E-state index contributed by atoms with van der Waals surface area (Å²) in [5.74, 6) is -0.126. The molecule has 1 aromatic heterocycles. The van der Waals surface area contributed by atoms with Crippen LogP contribution in [0, 0.1) is 0 Å². The zero-order chi connectivity index (χ0) is 13.2. The van der Waals surface area contributed by atoms with Gasteiger partial charge in [-0.3, -0.25) is 4.98 Å². The standard InChI is InChI=1S/C12H11ClN2O2S/c13-11-2-1-10(14)7-12(11)18(16,17)8-9-3-5-15-6-4-9/h1-7H,8,14H2. The molecule has 4 nitrogen and oxygen atoms in total. The summed E-state index contributed by atoms with van der Waals surface area (Å²) in [7, 11) is -3.51. The summed E-state index contributed by atoms with van der Waals surface area (Å²) in [6.45, 7) is 0. The fourth-order valence-electron chi connectivity index (χ4n) is 1.53. The van der Waals surface area contributed by atoms with Crippen molar-refractivity contribution in [3.05, 3.63) is 53.3 Å². The average molecular weight is 283 g/mol. The lowest BCUT2D eigenvalue weighted by molar-refractivity contribution is 0.595. The smallest absolute Gasteiger partial charge is 0.184 e. The van der Waals surface area contributed by atoms with Gasteiger partial charge in [0.25, 0.3) is 0 Å². The number of sulfone groups is 1. The molecule has 0 fully saturated rings. The number of nitrogen functional groups attached to an aromatic ring is 1. The topological polar surface area (TPSA) is 73.1 Å². The van der Waals surface area contributed by atoms with Gasteiger partial charge in [0.2, 0.25) is 0 Å². The molecule has 0 saturated heterocycles. The van der Waals surface area contributed by atoms with Crippen molar-refractivity contribution in [2.24, 2.45) is 0 Å². The van der Waals surface area contributed by atoms with Crippen molar-refractivity contribution in [1.29, 1.82) is 0 Å². The van der Waals surface area contributed by atoms with Gasteiger partial charge >= 0.3 is 0 Å². The first-order chi connectivity index (χ1) is 8.49. The van der Waals surface area contributed by atoms with Crippen molar-refractivity contribution in [2.75, 3.05) is 5.73 Å². The first-order valence-electron chi connectivity index (χ1n) is 5.16. The van der Waals surface area contributed by atoms with Gasteiger partial charge < -0.3 is 5.73 Å². The Kier molecular flexibility index (Phi) is 3.54. The fraction of sp³-hybridized carbons (Fsp3) is 0.0833. The Labute approximate surface area is 110 Å². The molecule has 0 amide bonds. The molecule has 0 unspecified atom stereocenters. The summed E-state index contributed by atoms with van der Waals surface area (Å²) < 4.78 is 24.4. The summed E-state index contributed by atoms with van der Waals surface area (Å²) in [4.78, 5) is 3.90. The average Bonchev–Trinajstić information content (AvgIpc) is 2.33. The van der Waals surface area contributed by atoms with Gasteiger partial charge in [-0.25, -0.2) is 8.42 Å². The van der Waals surface area contributed by atoms with Crippen molar-refractivity contribution in [2.45, 2.75) is 10.6 Å². The van der Waals surface area contributed by atoms with E-state index in [0.29, 0.717) is 11.3 Å². The van der Waals surface area contributed by atoms with Gasteiger partial charge in [0.05, 0.1) is 15.7 Å². The zero-order valence-electron chi connectivity index (χ0n) is 9.38. The predicted molar refractivity (Wildman–Crippen MR) is 71.0 cm³/mol. The van der Waals surface area contributed by atoms with Crippen LogP contribution in [-0.2, 0) is 15.6 Å². The fourth-order valence-corrected chi connectivity index (χ4v) is 3.47. The Bertz CT molecular complexity index is 657. The van der Waals surface area contributed by atoms with Crippen LogP contribution in [0.1, 0.15) is 5.56 Å². The second-order valence-electron chi connectivity index (χ2n) is 3.80. The molecule has 0 aliphatic carbocycles. The number of nitrogens with zero attached hydrogens (tertiary/aromatic N) is 1. The van der Waals surface area contributed by atoms with Crippen molar-refractivity contribution in [3.8, 4) is 0 Å². The van der Waals surface area contributed by atoms with Gasteiger partial charge in [-0.2, -0.15) is 0 Å². The number of rotatable bonds is 3. The molecule has 94 valence electrons. The molecule has 2 N–H and O–H groups in total. The number of hydrogen-bond acceptors (Lipinski definition) is 4. The number of aromatic nitrogens is 1. The summed E-state index contributed by atoms with van der Waals surface area (Å²) >= 11 is 5.90. The quantitative estimate of drug-likeness (QED) is 0.877. The van der Waals surface area contributed by atoms with Crippen LogP contribution in [0.25, 0.3) is 0 Å². The number of halogens is 1. The summed E-state index contributed by atoms with van der Waals surface area (Å²) in [6, 6.07) is 7.72. The maximum absolute atomic E-state index is 12.2. The van der Waals surface area contributed by atoms with Crippen LogP contribution in [0.4, 0.5) is 5.69 Å². The summed E-state index contributed by atoms with van der Waals surface area (Å²) in [5, 5.41) is 0.179. The normalized spacial score (nSPS) is 11.4. The lowest BCUT2D eigenvalue weighted by Crippen LogP contribution is -2.06. The van der Waals surface area contributed by atoms with Crippen molar-refractivity contribution < 1.29 is 8.42 Å². The highest BCUT2D eigenvalue weighted by atomic mass is 35.5. The van der Waals surface area contributed by atoms with E-state index in [1.165, 1.54) is 12.1 Å². The number of benzene rings is 1. The zero-order valence-corrected chi connectivity index (χ0v) is 10.9. The van der Waals surface area contributed by atoms with E-state index in [1.807, 2.05) is 0 Å². The van der Waals surface area contributed by atoms with Gasteiger partial charge in [0.1, 0.15) is 0 Å². The summed E-state index contributed by atoms with van der Waals surface area (Å²) in [6.07, 6.45) is 3.09. The van der Waals surface area contributed by atoms with E-state index >= 15 is 0 Å². The second-order valence-corrected chi connectivity index (χ2v) is 6.17. The van der Waals surface area contributed by atoms with Crippen molar-refractivity contribution in [3.63, 3.8) is 0 Å². The first-order valence-corrected chi connectivity index (χ1v) is 7.19. The van der Waals surface area contributed by atoms with E-state index in [9.17, 15) is 8.42 Å². The lowest BCUT2D eigenvalue weighted by atomic mass is 10.3. The predicted octanol–water partition coefficient (Wildman–Crippen LogP) is 2.29. The van der Waals surface area contributed by atoms with Gasteiger partial charge in [-0.15, -0.1) is 0 Å². The number of anilines is 1. The molecule has 1 heterocycles. The van der Waals surface area contributed by atoms with Gasteiger partial charge in [0, 0.05) is 18.1 Å². The van der Waals surface area contributed by atoms with Crippen molar-refractivity contribution >= 4 is 27.1 Å². The molecule has 0 spiro atoms. The highest BCUT2D eigenvalue weighted by Crippen LogP contribution is 2.26. The van der Waals surface area contributed by atoms with Crippen LogP contribution >= 0.6 is 11.6 Å². The molecule has 0 bridgehead atoms. The van der Waals surface area contributed by atoms with Crippen LogP contribution in [0.2, 0.25) is 5.02 Å². The van der Waals surface area contributed by atoms with E-state index in [1.54, 1.807) is 30.6 Å². The van der Waals surface area contributed by atoms with E-state index in [0.717, 1.165) is 0 Å². The van der Waals surface area contributed by atoms with E-state index in [2.05, 4.69) is 4.98 Å². The Morgan fingerprint density at radius 1 is 1.17 bits per heavy atom. The third-order valence-electron chi connectivity index (χ3n) is 2.40. The minimum atomic E-state index is -3.51. The molecule has 6 heteroatoms. The van der Waals surface area contributed by atoms with Gasteiger partial charge in [0.15, 0.2) is 9.84 Å². The maximum Gasteiger partial charge on any atom is 0.184 e. The van der Waals surface area contributed by atoms with Gasteiger partial charge in [-0.05, 0) is 35.9 Å². The first kappa shape index (κ1) is 12.9.